The van der Waals surface area contributed by atoms with E-state index in [0.29, 0.717) is 18.1 Å². The molecule has 0 fully saturated rings. The Bertz CT molecular complexity index is 688. The third kappa shape index (κ3) is 3.18. The number of aryl methyl sites for hydroxylation is 1. The van der Waals surface area contributed by atoms with Gasteiger partial charge in [-0.1, -0.05) is 13.8 Å². The van der Waals surface area contributed by atoms with Crippen molar-refractivity contribution in [1.82, 2.24) is 25.1 Å². The molecule has 1 amide bonds. The standard InChI is InChI=1S/C14H19N5O2/c1-8(2)12-17-9(3)11(13(20)18-12)14(21)19(4)7-10-5-15-16-6-10/h5-6,8H,7H2,1-4H3,(H,15,16)(H,17,18,20). The second-order valence-corrected chi connectivity index (χ2v) is 5.33. The average Bonchev–Trinajstić information content (AvgIpc) is 2.90. The van der Waals surface area contributed by atoms with Crippen molar-refractivity contribution in [3.05, 3.63) is 45.4 Å². The van der Waals surface area contributed by atoms with Crippen LogP contribution >= 0.6 is 0 Å². The number of carbonyl (C=O) groups excluding carboxylic acids is 1. The normalized spacial score (nSPS) is 10.9. The molecular weight excluding hydrogens is 270 g/mol. The lowest BCUT2D eigenvalue weighted by Gasteiger charge is -2.17. The molecule has 2 aromatic heterocycles. The Morgan fingerprint density at radius 1 is 1.43 bits per heavy atom. The molecule has 112 valence electrons. The maximum Gasteiger partial charge on any atom is 0.264 e. The number of aromatic nitrogens is 4. The van der Waals surface area contributed by atoms with Crippen LogP contribution in [0.3, 0.4) is 0 Å². The zero-order valence-electron chi connectivity index (χ0n) is 12.6. The highest BCUT2D eigenvalue weighted by atomic mass is 16.2. The van der Waals surface area contributed by atoms with Gasteiger partial charge in [-0.25, -0.2) is 4.98 Å². The molecule has 0 spiro atoms. The van der Waals surface area contributed by atoms with Gasteiger partial charge in [0.2, 0.25) is 0 Å². The second kappa shape index (κ2) is 5.90. The molecule has 2 N–H and O–H groups in total. The topological polar surface area (TPSA) is 94.7 Å². The van der Waals surface area contributed by atoms with Gasteiger partial charge in [0.1, 0.15) is 11.4 Å². The van der Waals surface area contributed by atoms with Crippen LogP contribution in [0, 0.1) is 6.92 Å². The van der Waals surface area contributed by atoms with Crippen LogP contribution in [0.25, 0.3) is 0 Å². The summed E-state index contributed by atoms with van der Waals surface area (Å²) in [6, 6.07) is 0. The van der Waals surface area contributed by atoms with Crippen LogP contribution in [-0.4, -0.2) is 38.0 Å². The van der Waals surface area contributed by atoms with Crippen LogP contribution in [0.15, 0.2) is 17.2 Å². The molecule has 0 radical (unpaired) electrons. The van der Waals surface area contributed by atoms with E-state index >= 15 is 0 Å². The van der Waals surface area contributed by atoms with Crippen LogP contribution in [0.5, 0.6) is 0 Å². The van der Waals surface area contributed by atoms with Crippen molar-refractivity contribution in [2.75, 3.05) is 7.05 Å². The zero-order chi connectivity index (χ0) is 15.6. The van der Waals surface area contributed by atoms with Crippen LogP contribution in [0.2, 0.25) is 0 Å². The van der Waals surface area contributed by atoms with Gasteiger partial charge in [-0.05, 0) is 6.92 Å². The average molecular weight is 289 g/mol. The smallest absolute Gasteiger partial charge is 0.264 e. The van der Waals surface area contributed by atoms with E-state index in [2.05, 4.69) is 20.2 Å². The number of nitrogens with one attached hydrogen (secondary N) is 2. The summed E-state index contributed by atoms with van der Waals surface area (Å²) in [4.78, 5) is 33.0. The van der Waals surface area contributed by atoms with Crippen molar-refractivity contribution in [2.45, 2.75) is 33.2 Å². The van der Waals surface area contributed by atoms with Crippen LogP contribution in [-0.2, 0) is 6.54 Å². The van der Waals surface area contributed by atoms with E-state index in [1.165, 1.54) is 4.90 Å². The molecule has 0 atom stereocenters. The monoisotopic (exact) mass is 289 g/mol. The van der Waals surface area contributed by atoms with Gasteiger partial charge in [0.25, 0.3) is 11.5 Å². The van der Waals surface area contributed by atoms with Crippen molar-refractivity contribution in [3.63, 3.8) is 0 Å². The van der Waals surface area contributed by atoms with Crippen LogP contribution in [0.1, 0.15) is 47.2 Å². The number of aromatic amines is 2. The third-order valence-electron chi connectivity index (χ3n) is 3.20. The maximum atomic E-state index is 12.4. The van der Waals surface area contributed by atoms with Crippen molar-refractivity contribution < 1.29 is 4.79 Å². The van der Waals surface area contributed by atoms with Gasteiger partial charge >= 0.3 is 0 Å². The molecule has 0 aliphatic rings. The van der Waals surface area contributed by atoms with Crippen LogP contribution < -0.4 is 5.56 Å². The molecule has 0 aromatic carbocycles. The quantitative estimate of drug-likeness (QED) is 0.884. The Kier molecular flexibility index (Phi) is 4.21. The first-order valence-corrected chi connectivity index (χ1v) is 6.74. The molecule has 2 aromatic rings. The Balaban J connectivity index is 2.29. The fraction of sp³-hybridized carbons (Fsp3) is 0.429. The lowest BCUT2D eigenvalue weighted by atomic mass is 10.1. The van der Waals surface area contributed by atoms with E-state index in [4.69, 9.17) is 0 Å². The number of hydrogen-bond donors (Lipinski definition) is 2. The summed E-state index contributed by atoms with van der Waals surface area (Å²) in [5.41, 5.74) is 1.01. The highest BCUT2D eigenvalue weighted by Gasteiger charge is 2.20. The van der Waals surface area contributed by atoms with Gasteiger partial charge in [0.15, 0.2) is 0 Å². The molecule has 2 rings (SSSR count). The molecule has 21 heavy (non-hydrogen) atoms. The van der Waals surface area contributed by atoms with E-state index in [9.17, 15) is 9.59 Å². The number of nitrogens with zero attached hydrogens (tertiary/aromatic N) is 3. The van der Waals surface area contributed by atoms with Gasteiger partial charge < -0.3 is 9.88 Å². The molecule has 0 bridgehead atoms. The maximum absolute atomic E-state index is 12.4. The number of rotatable bonds is 4. The zero-order valence-corrected chi connectivity index (χ0v) is 12.6. The van der Waals surface area contributed by atoms with Gasteiger partial charge in [0, 0.05) is 31.3 Å². The fourth-order valence-corrected chi connectivity index (χ4v) is 2.03. The van der Waals surface area contributed by atoms with Gasteiger partial charge in [-0.2, -0.15) is 5.10 Å². The summed E-state index contributed by atoms with van der Waals surface area (Å²) in [6.45, 7) is 5.93. The van der Waals surface area contributed by atoms with Gasteiger partial charge in [-0.15, -0.1) is 0 Å². The SMILES string of the molecule is Cc1nc(C(C)C)[nH]c(=O)c1C(=O)N(C)Cc1cn[nH]c1. The summed E-state index contributed by atoms with van der Waals surface area (Å²) >= 11 is 0. The third-order valence-corrected chi connectivity index (χ3v) is 3.20. The summed E-state index contributed by atoms with van der Waals surface area (Å²) in [6.07, 6.45) is 3.35. The molecule has 0 aliphatic heterocycles. The first-order chi connectivity index (χ1) is 9.90. The van der Waals surface area contributed by atoms with E-state index in [0.717, 1.165) is 5.56 Å². The minimum atomic E-state index is -0.393. The number of amides is 1. The minimum Gasteiger partial charge on any atom is -0.337 e. The minimum absolute atomic E-state index is 0.0883. The summed E-state index contributed by atoms with van der Waals surface area (Å²) in [5.74, 6) is 0.341. The highest BCUT2D eigenvalue weighted by molar-refractivity contribution is 5.94. The summed E-state index contributed by atoms with van der Waals surface area (Å²) in [7, 11) is 1.64. The number of H-pyrrole nitrogens is 2. The lowest BCUT2D eigenvalue weighted by molar-refractivity contribution is 0.0782. The van der Waals surface area contributed by atoms with Crippen molar-refractivity contribution in [2.24, 2.45) is 0 Å². The van der Waals surface area contributed by atoms with Crippen molar-refractivity contribution >= 4 is 5.91 Å². The lowest BCUT2D eigenvalue weighted by Crippen LogP contribution is -2.33. The van der Waals surface area contributed by atoms with E-state index in [-0.39, 0.29) is 17.4 Å². The van der Waals surface area contributed by atoms with E-state index in [1.807, 2.05) is 13.8 Å². The van der Waals surface area contributed by atoms with Crippen molar-refractivity contribution in [3.8, 4) is 0 Å². The van der Waals surface area contributed by atoms with Gasteiger partial charge in [-0.3, -0.25) is 14.7 Å². The Morgan fingerprint density at radius 3 is 2.67 bits per heavy atom. The van der Waals surface area contributed by atoms with Crippen molar-refractivity contribution in [1.29, 1.82) is 0 Å². The first-order valence-electron chi connectivity index (χ1n) is 6.74. The molecule has 2 heterocycles. The largest absolute Gasteiger partial charge is 0.337 e. The molecule has 0 saturated heterocycles. The molecule has 0 unspecified atom stereocenters. The molecule has 7 nitrogen and oxygen atoms in total. The predicted molar refractivity (Wildman–Crippen MR) is 78.1 cm³/mol. The number of hydrogen-bond acceptors (Lipinski definition) is 4. The Hall–Kier alpha value is -2.44. The summed E-state index contributed by atoms with van der Waals surface area (Å²) in [5, 5.41) is 6.52. The first kappa shape index (κ1) is 15.0. The molecule has 0 saturated carbocycles. The van der Waals surface area contributed by atoms with E-state index < -0.39 is 5.56 Å². The fourth-order valence-electron chi connectivity index (χ4n) is 2.03. The Labute approximate surface area is 122 Å². The number of carbonyl (C=O) groups is 1. The predicted octanol–water partition coefficient (Wildman–Crippen LogP) is 1.20. The molecular formula is C14H19N5O2. The highest BCUT2D eigenvalue weighted by Crippen LogP contribution is 2.11. The molecule has 7 heteroatoms. The van der Waals surface area contributed by atoms with E-state index in [1.54, 1.807) is 26.4 Å². The second-order valence-electron chi connectivity index (χ2n) is 5.33. The molecule has 0 aliphatic carbocycles. The Morgan fingerprint density at radius 2 is 2.14 bits per heavy atom. The van der Waals surface area contributed by atoms with Gasteiger partial charge in [0.05, 0.1) is 11.9 Å². The van der Waals surface area contributed by atoms with Crippen LogP contribution in [0.4, 0.5) is 0 Å². The summed E-state index contributed by atoms with van der Waals surface area (Å²) < 4.78 is 0.